The molecule has 0 unspecified atom stereocenters. The molecule has 0 amide bonds. The number of hydrogen-bond acceptors (Lipinski definition) is 3. The first-order chi connectivity index (χ1) is 10.2. The molecule has 4 heteroatoms. The van der Waals surface area contributed by atoms with Crippen LogP contribution in [0.15, 0.2) is 58.4 Å². The van der Waals surface area contributed by atoms with Crippen LogP contribution >= 0.6 is 38.6 Å². The summed E-state index contributed by atoms with van der Waals surface area (Å²) in [4.78, 5) is 13.6. The largest absolute Gasteiger partial charge is 0.288 e. The van der Waals surface area contributed by atoms with Gasteiger partial charge in [-0.05, 0) is 40.4 Å². The molecule has 0 saturated carbocycles. The molecule has 0 spiro atoms. The Bertz CT molecular complexity index is 952. The SMILES string of the molecule is O=C(c1cc2sccc2s1)c1ccc(Br)c2ccccc12. The molecule has 0 aliphatic carbocycles. The molecule has 4 rings (SSSR count). The number of ketones is 1. The number of thiophene rings is 2. The van der Waals surface area contributed by atoms with E-state index in [1.807, 2.05) is 42.5 Å². The van der Waals surface area contributed by atoms with E-state index in [-0.39, 0.29) is 5.78 Å². The van der Waals surface area contributed by atoms with Crippen LogP contribution in [0.2, 0.25) is 0 Å². The number of rotatable bonds is 2. The monoisotopic (exact) mass is 372 g/mol. The zero-order valence-electron chi connectivity index (χ0n) is 10.8. The minimum Gasteiger partial charge on any atom is -0.288 e. The quantitative estimate of drug-likeness (QED) is 0.388. The molecule has 2 heterocycles. The van der Waals surface area contributed by atoms with Crippen molar-refractivity contribution in [1.29, 1.82) is 0 Å². The van der Waals surface area contributed by atoms with Gasteiger partial charge in [-0.1, -0.05) is 40.2 Å². The van der Waals surface area contributed by atoms with Crippen molar-refractivity contribution >= 4 is 64.6 Å². The van der Waals surface area contributed by atoms with Crippen LogP contribution in [0.25, 0.3) is 20.2 Å². The summed E-state index contributed by atoms with van der Waals surface area (Å²) in [6, 6.07) is 15.9. The Labute approximate surface area is 138 Å². The van der Waals surface area contributed by atoms with E-state index >= 15 is 0 Å². The van der Waals surface area contributed by atoms with E-state index in [9.17, 15) is 4.79 Å². The molecule has 0 N–H and O–H groups in total. The summed E-state index contributed by atoms with van der Waals surface area (Å²) in [5, 5.41) is 4.13. The Kier molecular flexibility index (Phi) is 3.17. The summed E-state index contributed by atoms with van der Waals surface area (Å²) in [5.74, 6) is 0.104. The first-order valence-electron chi connectivity index (χ1n) is 6.43. The Morgan fingerprint density at radius 3 is 2.57 bits per heavy atom. The third kappa shape index (κ3) is 2.14. The smallest absolute Gasteiger partial charge is 0.203 e. The van der Waals surface area contributed by atoms with E-state index in [1.165, 1.54) is 9.40 Å². The van der Waals surface area contributed by atoms with Crippen LogP contribution in [0.5, 0.6) is 0 Å². The van der Waals surface area contributed by atoms with Crippen molar-refractivity contribution in [2.75, 3.05) is 0 Å². The predicted molar refractivity (Wildman–Crippen MR) is 94.8 cm³/mol. The molecule has 0 atom stereocenters. The van der Waals surface area contributed by atoms with Crippen molar-refractivity contribution in [3.63, 3.8) is 0 Å². The number of fused-ring (bicyclic) bond motifs is 2. The number of hydrogen-bond donors (Lipinski definition) is 0. The minimum absolute atomic E-state index is 0.104. The van der Waals surface area contributed by atoms with Crippen molar-refractivity contribution in [2.24, 2.45) is 0 Å². The van der Waals surface area contributed by atoms with Gasteiger partial charge in [-0.25, -0.2) is 0 Å². The van der Waals surface area contributed by atoms with Gasteiger partial charge in [-0.15, -0.1) is 22.7 Å². The molecular formula is C17H9BrOS2. The fourth-order valence-corrected chi connectivity index (χ4v) is 5.01. The highest BCUT2D eigenvalue weighted by atomic mass is 79.9. The van der Waals surface area contributed by atoms with E-state index in [4.69, 9.17) is 0 Å². The van der Waals surface area contributed by atoms with Crippen LogP contribution < -0.4 is 0 Å². The van der Waals surface area contributed by atoms with Crippen molar-refractivity contribution in [3.05, 3.63) is 68.8 Å². The molecule has 0 aliphatic rings. The van der Waals surface area contributed by atoms with Crippen molar-refractivity contribution in [2.45, 2.75) is 0 Å². The van der Waals surface area contributed by atoms with Crippen molar-refractivity contribution < 1.29 is 4.79 Å². The van der Waals surface area contributed by atoms with E-state index in [0.717, 1.165) is 25.7 Å². The molecule has 0 fully saturated rings. The third-order valence-electron chi connectivity index (χ3n) is 3.48. The molecule has 1 nitrogen and oxygen atoms in total. The first kappa shape index (κ1) is 13.2. The van der Waals surface area contributed by atoms with Gasteiger partial charge in [-0.2, -0.15) is 0 Å². The fourth-order valence-electron chi connectivity index (χ4n) is 2.47. The molecule has 0 aliphatic heterocycles. The lowest BCUT2D eigenvalue weighted by Crippen LogP contribution is -1.99. The van der Waals surface area contributed by atoms with Gasteiger partial charge in [0.1, 0.15) is 0 Å². The van der Waals surface area contributed by atoms with Crippen LogP contribution in [0.1, 0.15) is 15.2 Å². The number of carbonyl (C=O) groups is 1. The predicted octanol–water partition coefficient (Wildman–Crippen LogP) is 6.11. The lowest BCUT2D eigenvalue weighted by atomic mass is 10.0. The van der Waals surface area contributed by atoms with Gasteiger partial charge >= 0.3 is 0 Å². The highest BCUT2D eigenvalue weighted by Gasteiger charge is 2.16. The first-order valence-corrected chi connectivity index (χ1v) is 8.92. The second kappa shape index (κ2) is 5.05. The van der Waals surface area contributed by atoms with Gasteiger partial charge in [0.2, 0.25) is 5.78 Å². The van der Waals surface area contributed by atoms with Gasteiger partial charge in [0.05, 0.1) is 4.88 Å². The number of carbonyl (C=O) groups excluding carboxylic acids is 1. The Morgan fingerprint density at radius 1 is 0.952 bits per heavy atom. The van der Waals surface area contributed by atoms with Crippen LogP contribution in [0, 0.1) is 0 Å². The molecule has 2 aromatic carbocycles. The maximum Gasteiger partial charge on any atom is 0.203 e. The highest BCUT2D eigenvalue weighted by Crippen LogP contribution is 2.33. The molecule has 102 valence electrons. The van der Waals surface area contributed by atoms with Crippen LogP contribution in [0.3, 0.4) is 0 Å². The molecular weight excluding hydrogens is 364 g/mol. The van der Waals surface area contributed by atoms with Gasteiger partial charge in [0, 0.05) is 19.4 Å². The summed E-state index contributed by atoms with van der Waals surface area (Å²) in [7, 11) is 0. The zero-order chi connectivity index (χ0) is 14.4. The maximum atomic E-state index is 12.8. The summed E-state index contributed by atoms with van der Waals surface area (Å²) in [6.07, 6.45) is 0. The summed E-state index contributed by atoms with van der Waals surface area (Å²) >= 11 is 6.80. The van der Waals surface area contributed by atoms with Crippen LogP contribution in [-0.4, -0.2) is 5.78 Å². The van der Waals surface area contributed by atoms with E-state index in [2.05, 4.69) is 27.4 Å². The van der Waals surface area contributed by atoms with Crippen LogP contribution in [0.4, 0.5) is 0 Å². The molecule has 4 aromatic rings. The minimum atomic E-state index is 0.104. The van der Waals surface area contributed by atoms with Gasteiger partial charge in [0.25, 0.3) is 0 Å². The number of benzene rings is 2. The second-order valence-electron chi connectivity index (χ2n) is 4.73. The Balaban J connectivity index is 1.91. The summed E-state index contributed by atoms with van der Waals surface area (Å²) in [5.41, 5.74) is 0.766. The zero-order valence-corrected chi connectivity index (χ0v) is 14.0. The standard InChI is InChI=1S/C17H9BrOS2/c18-13-6-5-12(10-3-1-2-4-11(10)13)17(19)16-9-15-14(21-16)7-8-20-15/h1-9H. The molecule has 2 aromatic heterocycles. The molecule has 0 saturated heterocycles. The topological polar surface area (TPSA) is 17.1 Å². The molecule has 0 bridgehead atoms. The van der Waals surface area contributed by atoms with E-state index in [1.54, 1.807) is 22.7 Å². The van der Waals surface area contributed by atoms with Crippen LogP contribution in [-0.2, 0) is 0 Å². The average molecular weight is 373 g/mol. The summed E-state index contributed by atoms with van der Waals surface area (Å²) < 4.78 is 3.39. The second-order valence-corrected chi connectivity index (χ2v) is 7.62. The Hall–Kier alpha value is -1.49. The lowest BCUT2D eigenvalue weighted by molar-refractivity contribution is 0.104. The summed E-state index contributed by atoms with van der Waals surface area (Å²) in [6.45, 7) is 0. The van der Waals surface area contributed by atoms with Crippen molar-refractivity contribution in [3.8, 4) is 0 Å². The van der Waals surface area contributed by atoms with Gasteiger partial charge in [0.15, 0.2) is 0 Å². The van der Waals surface area contributed by atoms with Gasteiger partial charge < -0.3 is 0 Å². The van der Waals surface area contributed by atoms with Crippen molar-refractivity contribution in [1.82, 2.24) is 0 Å². The Morgan fingerprint density at radius 2 is 1.76 bits per heavy atom. The van der Waals surface area contributed by atoms with Gasteiger partial charge in [-0.3, -0.25) is 4.79 Å². The normalized spacial score (nSPS) is 11.3. The lowest BCUT2D eigenvalue weighted by Gasteiger charge is -2.06. The highest BCUT2D eigenvalue weighted by molar-refractivity contribution is 9.10. The number of halogens is 1. The third-order valence-corrected chi connectivity index (χ3v) is 6.26. The van der Waals surface area contributed by atoms with E-state index < -0.39 is 0 Å². The maximum absolute atomic E-state index is 12.8. The fraction of sp³-hybridized carbons (Fsp3) is 0. The average Bonchev–Trinajstić information content (AvgIpc) is 3.08. The molecule has 0 radical (unpaired) electrons. The van der Waals surface area contributed by atoms with E-state index in [0.29, 0.717) is 0 Å². The molecule has 21 heavy (non-hydrogen) atoms.